The Hall–Kier alpha value is -3.77. The number of rotatable bonds is 3. The van der Waals surface area contributed by atoms with Crippen molar-refractivity contribution in [1.29, 1.82) is 0 Å². The van der Waals surface area contributed by atoms with Gasteiger partial charge in [0.1, 0.15) is 5.65 Å². The summed E-state index contributed by atoms with van der Waals surface area (Å²) in [6.45, 7) is 4.39. The molecule has 4 aromatic heterocycles. The fourth-order valence-corrected chi connectivity index (χ4v) is 4.48. The van der Waals surface area contributed by atoms with Gasteiger partial charge in [0.15, 0.2) is 0 Å². The molecule has 1 aliphatic rings. The minimum Gasteiger partial charge on any atom is -0.369 e. The highest BCUT2D eigenvalue weighted by molar-refractivity contribution is 5.90. The van der Waals surface area contributed by atoms with Crippen molar-refractivity contribution in [3.8, 4) is 22.4 Å². The molecule has 1 saturated heterocycles. The summed E-state index contributed by atoms with van der Waals surface area (Å²) in [7, 11) is 2.19. The predicted molar refractivity (Wildman–Crippen MR) is 129 cm³/mol. The molecule has 0 aliphatic carbocycles. The van der Waals surface area contributed by atoms with Gasteiger partial charge in [-0.2, -0.15) is 0 Å². The van der Waals surface area contributed by atoms with E-state index in [9.17, 15) is 0 Å². The first kappa shape index (κ1) is 19.0. The van der Waals surface area contributed by atoms with Crippen LogP contribution < -0.4 is 4.90 Å². The number of imidazole rings is 1. The molecule has 5 aromatic rings. The van der Waals surface area contributed by atoms with Gasteiger partial charge in [-0.15, -0.1) is 0 Å². The first-order valence-corrected chi connectivity index (χ1v) is 11.0. The number of piperazine rings is 1. The summed E-state index contributed by atoms with van der Waals surface area (Å²) in [5, 5.41) is 0. The van der Waals surface area contributed by atoms with E-state index in [4.69, 9.17) is 0 Å². The molecule has 0 atom stereocenters. The largest absolute Gasteiger partial charge is 0.369 e. The third-order valence-corrected chi connectivity index (χ3v) is 6.35. The average Bonchev–Trinajstić information content (AvgIpc) is 3.27. The average molecular weight is 421 g/mol. The highest BCUT2D eigenvalue weighted by Crippen LogP contribution is 2.29. The molecule has 0 N–H and O–H groups in total. The number of hydrogen-bond acceptors (Lipinski definition) is 5. The zero-order chi connectivity index (χ0) is 21.5. The SMILES string of the molecule is CN1CCN(c2ccc(-c3ccn4c(-c5ccnc6cccnc56)cnc4c3)cc2)CC1. The molecule has 0 unspecified atom stereocenters. The van der Waals surface area contributed by atoms with E-state index in [0.717, 1.165) is 59.7 Å². The van der Waals surface area contributed by atoms with Gasteiger partial charge in [0.05, 0.1) is 22.9 Å². The Morgan fingerprint density at radius 1 is 0.781 bits per heavy atom. The van der Waals surface area contributed by atoms with Crippen LogP contribution in [-0.2, 0) is 0 Å². The molecule has 6 rings (SSSR count). The Labute approximate surface area is 186 Å². The molecular formula is C26H24N6. The van der Waals surface area contributed by atoms with Crippen molar-refractivity contribution in [1.82, 2.24) is 24.3 Å². The molecule has 0 bridgehead atoms. The maximum absolute atomic E-state index is 4.69. The molecule has 0 radical (unpaired) electrons. The van der Waals surface area contributed by atoms with Gasteiger partial charge in [0.2, 0.25) is 0 Å². The highest BCUT2D eigenvalue weighted by atomic mass is 15.2. The highest BCUT2D eigenvalue weighted by Gasteiger charge is 2.15. The lowest BCUT2D eigenvalue weighted by Crippen LogP contribution is -2.44. The molecular weight excluding hydrogens is 396 g/mol. The van der Waals surface area contributed by atoms with Crippen LogP contribution in [0.5, 0.6) is 0 Å². The number of likely N-dealkylation sites (N-methyl/N-ethyl adjacent to an activating group) is 1. The predicted octanol–water partition coefficient (Wildman–Crippen LogP) is 4.36. The molecule has 32 heavy (non-hydrogen) atoms. The first-order chi connectivity index (χ1) is 15.8. The number of pyridine rings is 3. The lowest BCUT2D eigenvalue weighted by atomic mass is 10.1. The monoisotopic (exact) mass is 420 g/mol. The lowest BCUT2D eigenvalue weighted by molar-refractivity contribution is 0.313. The van der Waals surface area contributed by atoms with Crippen molar-refractivity contribution < 1.29 is 0 Å². The Kier molecular flexibility index (Phi) is 4.58. The van der Waals surface area contributed by atoms with Gasteiger partial charge in [-0.3, -0.25) is 14.4 Å². The van der Waals surface area contributed by atoms with Crippen LogP contribution in [0.25, 0.3) is 39.1 Å². The molecule has 0 amide bonds. The Balaban J connectivity index is 1.33. The van der Waals surface area contributed by atoms with Crippen molar-refractivity contribution in [3.05, 3.63) is 79.4 Å². The third-order valence-electron chi connectivity index (χ3n) is 6.35. The Bertz CT molecular complexity index is 1390. The molecule has 158 valence electrons. The zero-order valence-corrected chi connectivity index (χ0v) is 18.0. The molecule has 1 aliphatic heterocycles. The molecule has 1 fully saturated rings. The van der Waals surface area contributed by atoms with E-state index in [1.165, 1.54) is 11.3 Å². The molecule has 0 spiro atoms. The van der Waals surface area contributed by atoms with E-state index in [1.807, 2.05) is 30.6 Å². The molecule has 6 nitrogen and oxygen atoms in total. The summed E-state index contributed by atoms with van der Waals surface area (Å²) in [6.07, 6.45) is 7.64. The first-order valence-electron chi connectivity index (χ1n) is 11.0. The van der Waals surface area contributed by atoms with E-state index < -0.39 is 0 Å². The van der Waals surface area contributed by atoms with Gasteiger partial charge < -0.3 is 9.80 Å². The minimum absolute atomic E-state index is 0.886. The smallest absolute Gasteiger partial charge is 0.137 e. The van der Waals surface area contributed by atoms with Crippen LogP contribution in [0.1, 0.15) is 0 Å². The van der Waals surface area contributed by atoms with Gasteiger partial charge in [0, 0.05) is 56.0 Å². The van der Waals surface area contributed by atoms with Crippen LogP contribution in [0, 0.1) is 0 Å². The number of hydrogen-bond donors (Lipinski definition) is 0. The van der Waals surface area contributed by atoms with Crippen molar-refractivity contribution >= 4 is 22.4 Å². The number of nitrogens with zero attached hydrogens (tertiary/aromatic N) is 6. The van der Waals surface area contributed by atoms with E-state index in [1.54, 1.807) is 6.20 Å². The molecule has 1 aromatic carbocycles. The summed E-state index contributed by atoms with van der Waals surface area (Å²) in [5.74, 6) is 0. The molecule has 5 heterocycles. The van der Waals surface area contributed by atoms with Crippen molar-refractivity contribution in [3.63, 3.8) is 0 Å². The standard InChI is InChI=1S/C26H24N6/c1-30-13-15-31(16-14-30)21-6-4-19(5-7-21)20-9-12-32-24(18-29-25(32)17-20)22-8-11-27-23-3-2-10-28-26(22)23/h2-12,17-18H,13-16H2,1H3. The second kappa shape index (κ2) is 7.73. The molecule has 0 saturated carbocycles. The lowest BCUT2D eigenvalue weighted by Gasteiger charge is -2.34. The van der Waals surface area contributed by atoms with Crippen molar-refractivity contribution in [2.75, 3.05) is 38.1 Å². The third kappa shape index (κ3) is 3.29. The Morgan fingerprint density at radius 2 is 1.62 bits per heavy atom. The van der Waals surface area contributed by atoms with Crippen LogP contribution in [0.4, 0.5) is 5.69 Å². The van der Waals surface area contributed by atoms with Gasteiger partial charge in [0.25, 0.3) is 0 Å². The second-order valence-electron chi connectivity index (χ2n) is 8.35. The van der Waals surface area contributed by atoms with E-state index in [2.05, 4.69) is 78.8 Å². The van der Waals surface area contributed by atoms with Crippen LogP contribution >= 0.6 is 0 Å². The maximum Gasteiger partial charge on any atom is 0.137 e. The summed E-state index contributed by atoms with van der Waals surface area (Å²) in [5.41, 5.74) is 8.40. The minimum atomic E-state index is 0.886. The van der Waals surface area contributed by atoms with E-state index in [-0.39, 0.29) is 0 Å². The Morgan fingerprint density at radius 3 is 2.47 bits per heavy atom. The van der Waals surface area contributed by atoms with E-state index >= 15 is 0 Å². The number of aromatic nitrogens is 4. The van der Waals surface area contributed by atoms with Crippen molar-refractivity contribution in [2.45, 2.75) is 0 Å². The summed E-state index contributed by atoms with van der Waals surface area (Å²) in [4.78, 5) is 18.5. The number of benzene rings is 1. The fourth-order valence-electron chi connectivity index (χ4n) is 4.48. The van der Waals surface area contributed by atoms with Crippen LogP contribution in [0.15, 0.2) is 79.4 Å². The summed E-state index contributed by atoms with van der Waals surface area (Å²) in [6, 6.07) is 19.1. The number of anilines is 1. The quantitative estimate of drug-likeness (QED) is 0.434. The van der Waals surface area contributed by atoms with Crippen LogP contribution in [0.3, 0.4) is 0 Å². The zero-order valence-electron chi connectivity index (χ0n) is 18.0. The maximum atomic E-state index is 4.69. The molecule has 6 heteroatoms. The van der Waals surface area contributed by atoms with Gasteiger partial charge in [-0.25, -0.2) is 4.98 Å². The normalized spacial score (nSPS) is 15.0. The topological polar surface area (TPSA) is 49.6 Å². The van der Waals surface area contributed by atoms with Gasteiger partial charge in [-0.1, -0.05) is 12.1 Å². The van der Waals surface area contributed by atoms with E-state index in [0.29, 0.717) is 0 Å². The summed E-state index contributed by atoms with van der Waals surface area (Å²) >= 11 is 0. The number of fused-ring (bicyclic) bond motifs is 2. The van der Waals surface area contributed by atoms with Crippen LogP contribution in [-0.4, -0.2) is 57.5 Å². The van der Waals surface area contributed by atoms with Gasteiger partial charge in [-0.05, 0) is 60.6 Å². The van der Waals surface area contributed by atoms with Crippen molar-refractivity contribution in [2.24, 2.45) is 0 Å². The van der Waals surface area contributed by atoms with Crippen LogP contribution in [0.2, 0.25) is 0 Å². The van der Waals surface area contributed by atoms with Gasteiger partial charge >= 0.3 is 0 Å². The second-order valence-corrected chi connectivity index (χ2v) is 8.35. The summed E-state index contributed by atoms with van der Waals surface area (Å²) < 4.78 is 2.12. The fraction of sp³-hybridized carbons (Fsp3) is 0.192.